The van der Waals surface area contributed by atoms with Crippen molar-refractivity contribution < 1.29 is 23.8 Å². The third kappa shape index (κ3) is 4.31. The van der Waals surface area contributed by atoms with Crippen molar-refractivity contribution in [3.8, 4) is 11.5 Å². The fourth-order valence-corrected chi connectivity index (χ4v) is 2.76. The monoisotopic (exact) mass is 336 g/mol. The first-order valence-electron chi connectivity index (χ1n) is 7.90. The van der Waals surface area contributed by atoms with Crippen molar-refractivity contribution in [2.24, 2.45) is 0 Å². The average Bonchev–Trinajstić information content (AvgIpc) is 2.87. The Hall–Kier alpha value is -2.44. The lowest BCUT2D eigenvalue weighted by atomic mass is 10.1. The summed E-state index contributed by atoms with van der Waals surface area (Å²) in [5.41, 5.74) is 0.867. The van der Waals surface area contributed by atoms with Gasteiger partial charge in [0.05, 0.1) is 27.8 Å². The first-order valence-corrected chi connectivity index (χ1v) is 7.90. The highest BCUT2D eigenvalue weighted by Crippen LogP contribution is 2.27. The van der Waals surface area contributed by atoms with Gasteiger partial charge in [0.1, 0.15) is 0 Å². The molecule has 0 N–H and O–H groups in total. The Morgan fingerprint density at radius 1 is 0.958 bits per heavy atom. The van der Waals surface area contributed by atoms with Gasteiger partial charge in [-0.25, -0.2) is 4.79 Å². The van der Waals surface area contributed by atoms with Crippen LogP contribution in [0.5, 0.6) is 11.5 Å². The summed E-state index contributed by atoms with van der Waals surface area (Å²) in [4.78, 5) is 27.6. The van der Waals surface area contributed by atoms with Gasteiger partial charge in [-0.2, -0.15) is 0 Å². The van der Waals surface area contributed by atoms with E-state index in [1.54, 1.807) is 30.1 Å². The second kappa shape index (κ2) is 8.42. The van der Waals surface area contributed by atoms with Gasteiger partial charge < -0.3 is 24.0 Å². The molecule has 1 saturated heterocycles. The molecule has 24 heavy (non-hydrogen) atoms. The van der Waals surface area contributed by atoms with Crippen LogP contribution in [0.3, 0.4) is 0 Å². The van der Waals surface area contributed by atoms with Crippen molar-refractivity contribution in [2.75, 3.05) is 47.5 Å². The highest BCUT2D eigenvalue weighted by Gasteiger charge is 2.22. The molecule has 1 aromatic carbocycles. The minimum absolute atomic E-state index is 0.0361. The molecule has 2 rings (SSSR count). The molecule has 0 aromatic heterocycles. The Morgan fingerprint density at radius 3 is 2.29 bits per heavy atom. The smallest absolute Gasteiger partial charge is 0.409 e. The number of hydrogen-bond donors (Lipinski definition) is 0. The van der Waals surface area contributed by atoms with Gasteiger partial charge >= 0.3 is 6.09 Å². The normalized spacial score (nSPS) is 14.8. The molecule has 7 nitrogen and oxygen atoms in total. The maximum atomic E-state index is 12.5. The molecule has 132 valence electrons. The fourth-order valence-electron chi connectivity index (χ4n) is 2.76. The summed E-state index contributed by atoms with van der Waals surface area (Å²) < 4.78 is 15.2. The van der Waals surface area contributed by atoms with E-state index in [2.05, 4.69) is 0 Å². The minimum Gasteiger partial charge on any atom is -0.493 e. The molecule has 1 aromatic rings. The van der Waals surface area contributed by atoms with Crippen LogP contribution in [0.2, 0.25) is 0 Å². The molecule has 2 amide bonds. The minimum atomic E-state index is -0.343. The predicted octanol–water partition coefficient (Wildman–Crippen LogP) is 1.55. The van der Waals surface area contributed by atoms with Gasteiger partial charge in [0.2, 0.25) is 5.91 Å². The average molecular weight is 336 g/mol. The number of nitrogens with zero attached hydrogens (tertiary/aromatic N) is 2. The summed E-state index contributed by atoms with van der Waals surface area (Å²) in [6, 6.07) is 5.47. The zero-order chi connectivity index (χ0) is 17.5. The molecule has 1 fully saturated rings. The summed E-state index contributed by atoms with van der Waals surface area (Å²) in [6.45, 7) is 2.25. The number of benzene rings is 1. The van der Waals surface area contributed by atoms with E-state index in [1.165, 1.54) is 7.11 Å². The lowest BCUT2D eigenvalue weighted by Gasteiger charge is -2.21. The number of methoxy groups -OCH3 is 3. The van der Waals surface area contributed by atoms with E-state index in [1.807, 2.05) is 12.1 Å². The number of carbonyl (C=O) groups is 2. The Morgan fingerprint density at radius 2 is 1.62 bits per heavy atom. The van der Waals surface area contributed by atoms with Crippen LogP contribution in [0.4, 0.5) is 4.79 Å². The van der Waals surface area contributed by atoms with Crippen LogP contribution in [0.25, 0.3) is 0 Å². The quantitative estimate of drug-likeness (QED) is 0.834. The molecule has 0 bridgehead atoms. The van der Waals surface area contributed by atoms with Crippen LogP contribution in [-0.2, 0) is 16.0 Å². The molecule has 1 aliphatic rings. The van der Waals surface area contributed by atoms with E-state index in [0.29, 0.717) is 44.1 Å². The van der Waals surface area contributed by atoms with E-state index in [4.69, 9.17) is 14.2 Å². The van der Waals surface area contributed by atoms with Crippen LogP contribution in [0.15, 0.2) is 18.2 Å². The summed E-state index contributed by atoms with van der Waals surface area (Å²) in [5.74, 6) is 1.28. The zero-order valence-electron chi connectivity index (χ0n) is 14.4. The lowest BCUT2D eigenvalue weighted by Crippen LogP contribution is -2.37. The van der Waals surface area contributed by atoms with E-state index < -0.39 is 0 Å². The first-order chi connectivity index (χ1) is 11.6. The second-order valence-electron chi connectivity index (χ2n) is 5.56. The van der Waals surface area contributed by atoms with Crippen LogP contribution in [-0.4, -0.2) is 69.3 Å². The largest absolute Gasteiger partial charge is 0.493 e. The van der Waals surface area contributed by atoms with Crippen molar-refractivity contribution in [3.63, 3.8) is 0 Å². The Bertz CT molecular complexity index is 590. The lowest BCUT2D eigenvalue weighted by molar-refractivity contribution is -0.130. The standard InChI is InChI=1S/C17H24N2O5/c1-22-14-6-5-13(11-15(14)23-2)12-16(20)18-7-4-8-19(10-9-18)17(21)24-3/h5-6,11H,4,7-10,12H2,1-3H3. The SMILES string of the molecule is COC(=O)N1CCCN(C(=O)Cc2ccc(OC)c(OC)c2)CC1. The predicted molar refractivity (Wildman–Crippen MR) is 88.4 cm³/mol. The first kappa shape index (κ1) is 17.9. The Labute approximate surface area is 142 Å². The molecule has 7 heteroatoms. The van der Waals surface area contributed by atoms with Gasteiger partial charge in [0.25, 0.3) is 0 Å². The third-order valence-electron chi connectivity index (χ3n) is 4.08. The fraction of sp³-hybridized carbons (Fsp3) is 0.529. The van der Waals surface area contributed by atoms with Gasteiger partial charge in [-0.3, -0.25) is 4.79 Å². The Kier molecular flexibility index (Phi) is 6.28. The third-order valence-corrected chi connectivity index (χ3v) is 4.08. The highest BCUT2D eigenvalue weighted by molar-refractivity contribution is 5.79. The van der Waals surface area contributed by atoms with Crippen LogP contribution in [0, 0.1) is 0 Å². The second-order valence-corrected chi connectivity index (χ2v) is 5.56. The summed E-state index contributed by atoms with van der Waals surface area (Å²) in [6.07, 6.45) is 0.690. The summed E-state index contributed by atoms with van der Waals surface area (Å²) >= 11 is 0. The molecule has 0 radical (unpaired) electrons. The van der Waals surface area contributed by atoms with Crippen molar-refractivity contribution in [1.82, 2.24) is 9.80 Å². The number of ether oxygens (including phenoxy) is 3. The number of hydrogen-bond acceptors (Lipinski definition) is 5. The van der Waals surface area contributed by atoms with Gasteiger partial charge in [-0.15, -0.1) is 0 Å². The van der Waals surface area contributed by atoms with Crippen LogP contribution < -0.4 is 9.47 Å². The number of amides is 2. The van der Waals surface area contributed by atoms with Crippen LogP contribution >= 0.6 is 0 Å². The Balaban J connectivity index is 1.98. The van der Waals surface area contributed by atoms with Crippen molar-refractivity contribution in [1.29, 1.82) is 0 Å². The summed E-state index contributed by atoms with van der Waals surface area (Å²) in [5, 5.41) is 0. The number of rotatable bonds is 4. The van der Waals surface area contributed by atoms with Gasteiger partial charge in [-0.05, 0) is 24.1 Å². The molecule has 0 spiro atoms. The van der Waals surface area contributed by atoms with E-state index in [9.17, 15) is 9.59 Å². The van der Waals surface area contributed by atoms with Gasteiger partial charge in [0, 0.05) is 26.2 Å². The van der Waals surface area contributed by atoms with Crippen molar-refractivity contribution in [3.05, 3.63) is 23.8 Å². The molecule has 0 atom stereocenters. The molecule has 1 heterocycles. The molecule has 0 aliphatic carbocycles. The molecule has 0 unspecified atom stereocenters. The van der Waals surface area contributed by atoms with Crippen LogP contribution in [0.1, 0.15) is 12.0 Å². The van der Waals surface area contributed by atoms with E-state index in [-0.39, 0.29) is 12.0 Å². The zero-order valence-corrected chi connectivity index (χ0v) is 14.4. The van der Waals surface area contributed by atoms with Crippen molar-refractivity contribution >= 4 is 12.0 Å². The molecule has 0 saturated carbocycles. The molecular formula is C17H24N2O5. The maximum absolute atomic E-state index is 12.5. The van der Waals surface area contributed by atoms with Crippen molar-refractivity contribution in [2.45, 2.75) is 12.8 Å². The molecular weight excluding hydrogens is 312 g/mol. The van der Waals surface area contributed by atoms with Gasteiger partial charge in [-0.1, -0.05) is 6.07 Å². The summed E-state index contributed by atoms with van der Waals surface area (Å²) in [7, 11) is 4.51. The van der Waals surface area contributed by atoms with Gasteiger partial charge in [0.15, 0.2) is 11.5 Å². The highest BCUT2D eigenvalue weighted by atomic mass is 16.5. The molecule has 1 aliphatic heterocycles. The van der Waals surface area contributed by atoms with E-state index in [0.717, 1.165) is 12.0 Å². The maximum Gasteiger partial charge on any atom is 0.409 e. The van der Waals surface area contributed by atoms with E-state index >= 15 is 0 Å². The number of carbonyl (C=O) groups excluding carboxylic acids is 2. The topological polar surface area (TPSA) is 68.3 Å².